The SMILES string of the molecule is COC(=O)c1ccc(CN(C(=O)N2CCS(O)(O)CC2)c2ccc(-c3ccoc3)cc2)cc1. The van der Waals surface area contributed by atoms with Crippen LogP contribution < -0.4 is 4.90 Å². The minimum atomic E-state index is -2.61. The second-order valence-electron chi connectivity index (χ2n) is 7.81. The van der Waals surface area contributed by atoms with Crippen molar-refractivity contribution in [3.05, 3.63) is 78.3 Å². The van der Waals surface area contributed by atoms with Crippen molar-refractivity contribution in [1.82, 2.24) is 4.90 Å². The standard InChI is InChI=1S/C24H26N2O6S/c1-31-23(27)20-4-2-18(3-5-20)16-26(24(28)25-11-14-33(29,30)15-12-25)22-8-6-19(7-9-22)21-10-13-32-17-21/h2-10,13,17,29-30H,11-12,14-16H2,1H3. The van der Waals surface area contributed by atoms with Gasteiger partial charge in [0.1, 0.15) is 0 Å². The van der Waals surface area contributed by atoms with E-state index in [0.717, 1.165) is 16.7 Å². The summed E-state index contributed by atoms with van der Waals surface area (Å²) in [7, 11) is -1.28. The fraction of sp³-hybridized carbons (Fsp3) is 0.250. The van der Waals surface area contributed by atoms with Gasteiger partial charge in [0.05, 0.1) is 43.3 Å². The summed E-state index contributed by atoms with van der Waals surface area (Å²) in [6, 6.07) is 16.2. The number of esters is 1. The lowest BCUT2D eigenvalue weighted by Gasteiger charge is -2.42. The molecule has 3 aromatic rings. The number of urea groups is 1. The number of carbonyl (C=O) groups is 2. The number of furan rings is 1. The monoisotopic (exact) mass is 470 g/mol. The Labute approximate surface area is 193 Å². The molecule has 0 saturated carbocycles. The maximum Gasteiger partial charge on any atom is 0.337 e. The molecule has 8 nitrogen and oxygen atoms in total. The third-order valence-electron chi connectivity index (χ3n) is 5.63. The Morgan fingerprint density at radius 1 is 1.00 bits per heavy atom. The van der Waals surface area contributed by atoms with E-state index in [1.54, 1.807) is 46.6 Å². The van der Waals surface area contributed by atoms with Gasteiger partial charge in [-0.2, -0.15) is 10.6 Å². The van der Waals surface area contributed by atoms with Crippen LogP contribution in [0.15, 0.2) is 71.5 Å². The minimum absolute atomic E-state index is 0.180. The molecule has 1 fully saturated rings. The molecule has 0 radical (unpaired) electrons. The molecule has 1 aliphatic rings. The molecule has 0 bridgehead atoms. The normalized spacial score (nSPS) is 16.2. The van der Waals surface area contributed by atoms with E-state index < -0.39 is 16.6 Å². The Hall–Kier alpha value is -3.27. The fourth-order valence-electron chi connectivity index (χ4n) is 3.67. The number of methoxy groups -OCH3 is 1. The highest BCUT2D eigenvalue weighted by atomic mass is 32.3. The van der Waals surface area contributed by atoms with Gasteiger partial charge in [-0.15, -0.1) is 0 Å². The van der Waals surface area contributed by atoms with Crippen molar-refractivity contribution in [1.29, 1.82) is 0 Å². The largest absolute Gasteiger partial charge is 0.472 e. The third-order valence-corrected chi connectivity index (χ3v) is 7.30. The first-order valence-electron chi connectivity index (χ1n) is 10.5. The maximum absolute atomic E-state index is 13.5. The highest BCUT2D eigenvalue weighted by Crippen LogP contribution is 2.40. The van der Waals surface area contributed by atoms with Crippen molar-refractivity contribution in [3.8, 4) is 11.1 Å². The molecule has 1 aromatic heterocycles. The molecule has 4 rings (SSSR count). The molecular weight excluding hydrogens is 444 g/mol. The number of amides is 2. The number of hydrogen-bond donors (Lipinski definition) is 2. The Morgan fingerprint density at radius 2 is 1.67 bits per heavy atom. The van der Waals surface area contributed by atoms with E-state index >= 15 is 0 Å². The van der Waals surface area contributed by atoms with Crippen LogP contribution in [0.3, 0.4) is 0 Å². The van der Waals surface area contributed by atoms with Crippen LogP contribution in [0.2, 0.25) is 0 Å². The van der Waals surface area contributed by atoms with Crippen LogP contribution in [-0.4, -0.2) is 57.7 Å². The average molecular weight is 471 g/mol. The summed E-state index contributed by atoms with van der Waals surface area (Å²) < 4.78 is 29.7. The number of nitrogens with zero attached hydrogens (tertiary/aromatic N) is 2. The van der Waals surface area contributed by atoms with E-state index in [-0.39, 0.29) is 37.2 Å². The first kappa shape index (κ1) is 22.9. The van der Waals surface area contributed by atoms with Crippen molar-refractivity contribution < 1.29 is 27.8 Å². The molecule has 2 heterocycles. The molecule has 33 heavy (non-hydrogen) atoms. The maximum atomic E-state index is 13.5. The number of hydrogen-bond acceptors (Lipinski definition) is 6. The summed E-state index contributed by atoms with van der Waals surface area (Å²) in [5.74, 6) is -0.0590. The molecule has 2 aromatic carbocycles. The number of benzene rings is 2. The van der Waals surface area contributed by atoms with Crippen LogP contribution >= 0.6 is 10.6 Å². The van der Waals surface area contributed by atoms with Gasteiger partial charge in [0.15, 0.2) is 0 Å². The van der Waals surface area contributed by atoms with Gasteiger partial charge in [-0.05, 0) is 41.5 Å². The van der Waals surface area contributed by atoms with Gasteiger partial charge in [0, 0.05) is 24.3 Å². The van der Waals surface area contributed by atoms with Gasteiger partial charge in [0.25, 0.3) is 0 Å². The highest BCUT2D eigenvalue weighted by Gasteiger charge is 2.29. The summed E-state index contributed by atoms with van der Waals surface area (Å²) in [5, 5.41) is 0. The Morgan fingerprint density at radius 3 is 2.24 bits per heavy atom. The summed E-state index contributed by atoms with van der Waals surface area (Å²) in [4.78, 5) is 28.5. The average Bonchev–Trinajstić information content (AvgIpc) is 3.37. The van der Waals surface area contributed by atoms with Crippen molar-refractivity contribution in [2.24, 2.45) is 0 Å². The van der Waals surface area contributed by atoms with Crippen LogP contribution in [-0.2, 0) is 11.3 Å². The van der Waals surface area contributed by atoms with E-state index in [9.17, 15) is 18.7 Å². The van der Waals surface area contributed by atoms with Gasteiger partial charge in [-0.3, -0.25) is 14.0 Å². The molecule has 1 saturated heterocycles. The van der Waals surface area contributed by atoms with E-state index in [2.05, 4.69) is 0 Å². The summed E-state index contributed by atoms with van der Waals surface area (Å²) in [5.41, 5.74) is 3.90. The zero-order valence-electron chi connectivity index (χ0n) is 18.2. The Balaban J connectivity index is 1.59. The van der Waals surface area contributed by atoms with E-state index in [4.69, 9.17) is 9.15 Å². The van der Waals surface area contributed by atoms with Crippen LogP contribution in [0, 0.1) is 0 Å². The van der Waals surface area contributed by atoms with Crippen molar-refractivity contribution in [2.75, 3.05) is 36.6 Å². The van der Waals surface area contributed by atoms with Gasteiger partial charge < -0.3 is 14.1 Å². The van der Waals surface area contributed by atoms with Crippen molar-refractivity contribution in [2.45, 2.75) is 6.54 Å². The predicted molar refractivity (Wildman–Crippen MR) is 128 cm³/mol. The predicted octanol–water partition coefficient (Wildman–Crippen LogP) is 4.93. The van der Waals surface area contributed by atoms with Crippen molar-refractivity contribution >= 4 is 28.3 Å². The quantitative estimate of drug-likeness (QED) is 0.513. The Bertz CT molecular complexity index is 1090. The second kappa shape index (κ2) is 9.70. The molecule has 2 N–H and O–H groups in total. The van der Waals surface area contributed by atoms with Crippen LogP contribution in [0.4, 0.5) is 10.5 Å². The number of anilines is 1. The lowest BCUT2D eigenvalue weighted by molar-refractivity contribution is 0.0600. The minimum Gasteiger partial charge on any atom is -0.472 e. The number of rotatable bonds is 5. The molecule has 0 unspecified atom stereocenters. The zero-order chi connectivity index (χ0) is 23.4. The first-order valence-corrected chi connectivity index (χ1v) is 12.3. The van der Waals surface area contributed by atoms with E-state index in [1.165, 1.54) is 7.11 Å². The van der Waals surface area contributed by atoms with Crippen LogP contribution in [0.5, 0.6) is 0 Å². The first-order chi connectivity index (χ1) is 15.9. The topological polar surface area (TPSA) is 103 Å². The van der Waals surface area contributed by atoms with Gasteiger partial charge >= 0.3 is 12.0 Å². The van der Waals surface area contributed by atoms with Crippen LogP contribution in [0.25, 0.3) is 11.1 Å². The van der Waals surface area contributed by atoms with E-state index in [1.807, 2.05) is 30.3 Å². The fourth-order valence-corrected chi connectivity index (χ4v) is 4.90. The molecule has 9 heteroatoms. The molecule has 0 atom stereocenters. The molecule has 0 aliphatic carbocycles. The summed E-state index contributed by atoms with van der Waals surface area (Å²) in [6.45, 7) is 0.857. The zero-order valence-corrected chi connectivity index (χ0v) is 19.0. The Kier molecular flexibility index (Phi) is 6.73. The van der Waals surface area contributed by atoms with Crippen molar-refractivity contribution in [3.63, 3.8) is 0 Å². The smallest absolute Gasteiger partial charge is 0.337 e. The van der Waals surface area contributed by atoms with Gasteiger partial charge in [-0.25, -0.2) is 9.59 Å². The molecule has 2 amide bonds. The third kappa shape index (κ3) is 5.39. The number of ether oxygens (including phenoxy) is 1. The molecule has 174 valence electrons. The number of carbonyl (C=O) groups excluding carboxylic acids is 2. The van der Waals surface area contributed by atoms with Gasteiger partial charge in [-0.1, -0.05) is 24.3 Å². The molecular formula is C24H26N2O6S. The van der Waals surface area contributed by atoms with Gasteiger partial charge in [0.2, 0.25) is 0 Å². The highest BCUT2D eigenvalue weighted by molar-refractivity contribution is 8.24. The van der Waals surface area contributed by atoms with E-state index in [0.29, 0.717) is 11.3 Å². The molecule has 1 aliphatic heterocycles. The lowest BCUT2D eigenvalue weighted by atomic mass is 10.1. The molecule has 0 spiro atoms. The summed E-state index contributed by atoms with van der Waals surface area (Å²) >= 11 is 0. The van der Waals surface area contributed by atoms with Crippen LogP contribution in [0.1, 0.15) is 15.9 Å². The lowest BCUT2D eigenvalue weighted by Crippen LogP contribution is -2.48. The summed E-state index contributed by atoms with van der Waals surface area (Å²) in [6.07, 6.45) is 3.27. The second-order valence-corrected chi connectivity index (χ2v) is 10.2.